The van der Waals surface area contributed by atoms with Gasteiger partial charge in [0.25, 0.3) is 0 Å². The number of pyridine rings is 1. The van der Waals surface area contributed by atoms with Gasteiger partial charge >= 0.3 is 5.97 Å². The summed E-state index contributed by atoms with van der Waals surface area (Å²) in [5.41, 5.74) is 5.82. The first kappa shape index (κ1) is 19.9. The van der Waals surface area contributed by atoms with Crippen LogP contribution < -0.4 is 4.90 Å². The molecule has 0 amide bonds. The Morgan fingerprint density at radius 2 is 1.73 bits per heavy atom. The van der Waals surface area contributed by atoms with E-state index in [2.05, 4.69) is 39.9 Å². The number of carbonyl (C=O) groups is 1. The van der Waals surface area contributed by atoms with Crippen LogP contribution in [0, 0.1) is 6.92 Å². The molecule has 154 valence electrons. The highest BCUT2D eigenvalue weighted by atomic mass is 16.4. The zero-order chi connectivity index (χ0) is 21.1. The third-order valence-electron chi connectivity index (χ3n) is 5.58. The zero-order valence-corrected chi connectivity index (χ0v) is 17.0. The summed E-state index contributed by atoms with van der Waals surface area (Å²) in [6.45, 7) is 6.72. The number of nitrogens with zero attached hydrogens (tertiary/aromatic N) is 3. The summed E-state index contributed by atoms with van der Waals surface area (Å²) in [4.78, 5) is 19.8. The highest BCUT2D eigenvalue weighted by Crippen LogP contribution is 2.27. The first-order chi connectivity index (χ1) is 14.5. The Kier molecular flexibility index (Phi) is 5.68. The van der Waals surface area contributed by atoms with Gasteiger partial charge in [0.1, 0.15) is 5.75 Å². The molecule has 4 rings (SSSR count). The molecule has 0 saturated carbocycles. The third kappa shape index (κ3) is 4.44. The van der Waals surface area contributed by atoms with Crippen LogP contribution in [-0.2, 0) is 6.54 Å². The largest absolute Gasteiger partial charge is 0.506 e. The molecule has 2 N–H and O–H groups in total. The van der Waals surface area contributed by atoms with Crippen LogP contribution in [0.4, 0.5) is 5.69 Å². The van der Waals surface area contributed by atoms with Gasteiger partial charge in [-0.2, -0.15) is 0 Å². The van der Waals surface area contributed by atoms with Crippen molar-refractivity contribution >= 4 is 11.7 Å². The van der Waals surface area contributed by atoms with Crippen LogP contribution in [0.2, 0.25) is 0 Å². The minimum atomic E-state index is -0.895. The number of hydrogen-bond acceptors (Lipinski definition) is 5. The lowest BCUT2D eigenvalue weighted by Gasteiger charge is -2.36. The number of anilines is 1. The average Bonchev–Trinajstić information content (AvgIpc) is 2.74. The van der Waals surface area contributed by atoms with Gasteiger partial charge in [0.2, 0.25) is 0 Å². The summed E-state index contributed by atoms with van der Waals surface area (Å²) in [7, 11) is 0. The van der Waals surface area contributed by atoms with Gasteiger partial charge in [-0.05, 0) is 53.9 Å². The summed E-state index contributed by atoms with van der Waals surface area (Å²) < 4.78 is 0. The third-order valence-corrected chi connectivity index (χ3v) is 5.58. The van der Waals surface area contributed by atoms with E-state index in [1.165, 1.54) is 11.8 Å². The van der Waals surface area contributed by atoms with Crippen LogP contribution in [0.15, 0.2) is 60.9 Å². The SMILES string of the molecule is Cc1cc(CN2CCN(c3ccc(C(=O)O)cc3)CC2)ccc1-c1cncc(O)c1. The monoisotopic (exact) mass is 403 g/mol. The minimum Gasteiger partial charge on any atom is -0.506 e. The fourth-order valence-corrected chi connectivity index (χ4v) is 3.96. The van der Waals surface area contributed by atoms with Crippen molar-refractivity contribution in [2.24, 2.45) is 0 Å². The van der Waals surface area contributed by atoms with Gasteiger partial charge in [-0.15, -0.1) is 0 Å². The second-order valence-electron chi connectivity index (χ2n) is 7.70. The van der Waals surface area contributed by atoms with Gasteiger partial charge in [0, 0.05) is 50.2 Å². The molecule has 3 aromatic rings. The predicted octanol–water partition coefficient (Wildman–Crippen LogP) is 3.78. The molecule has 0 bridgehead atoms. The molecule has 0 aliphatic carbocycles. The average molecular weight is 403 g/mol. The van der Waals surface area contributed by atoms with Gasteiger partial charge in [-0.1, -0.05) is 18.2 Å². The molecule has 6 heteroatoms. The Labute approximate surface area is 176 Å². The first-order valence-electron chi connectivity index (χ1n) is 10.0. The van der Waals surface area contributed by atoms with E-state index in [1.807, 2.05) is 12.1 Å². The van der Waals surface area contributed by atoms with Crippen LogP contribution in [0.25, 0.3) is 11.1 Å². The maximum Gasteiger partial charge on any atom is 0.335 e. The number of carboxylic acid groups (broad SMARTS) is 1. The van der Waals surface area contributed by atoms with E-state index < -0.39 is 5.97 Å². The van der Waals surface area contributed by atoms with Gasteiger partial charge in [-0.25, -0.2) is 4.79 Å². The van der Waals surface area contributed by atoms with E-state index in [9.17, 15) is 9.90 Å². The summed E-state index contributed by atoms with van der Waals surface area (Å²) in [5.74, 6) is -0.723. The predicted molar refractivity (Wildman–Crippen MR) is 117 cm³/mol. The maximum absolute atomic E-state index is 11.0. The van der Waals surface area contributed by atoms with Crippen molar-refractivity contribution in [2.45, 2.75) is 13.5 Å². The first-order valence-corrected chi connectivity index (χ1v) is 10.0. The van der Waals surface area contributed by atoms with Crippen LogP contribution in [-0.4, -0.2) is 52.2 Å². The molecule has 0 radical (unpaired) electrons. The van der Waals surface area contributed by atoms with Crippen LogP contribution in [0.1, 0.15) is 21.5 Å². The molecule has 6 nitrogen and oxygen atoms in total. The second kappa shape index (κ2) is 8.55. The molecule has 1 aliphatic rings. The minimum absolute atomic E-state index is 0.173. The van der Waals surface area contributed by atoms with Crippen molar-refractivity contribution in [3.63, 3.8) is 0 Å². The van der Waals surface area contributed by atoms with Gasteiger partial charge < -0.3 is 15.1 Å². The zero-order valence-electron chi connectivity index (χ0n) is 17.0. The van der Waals surface area contributed by atoms with Crippen LogP contribution in [0.5, 0.6) is 5.75 Å². The number of rotatable bonds is 5. The highest BCUT2D eigenvalue weighted by molar-refractivity contribution is 5.88. The van der Waals surface area contributed by atoms with Crippen molar-refractivity contribution in [2.75, 3.05) is 31.1 Å². The second-order valence-corrected chi connectivity index (χ2v) is 7.70. The smallest absolute Gasteiger partial charge is 0.335 e. The fourth-order valence-electron chi connectivity index (χ4n) is 3.96. The number of carboxylic acids is 1. The topological polar surface area (TPSA) is 76.9 Å². The number of aromatic carboxylic acids is 1. The summed E-state index contributed by atoms with van der Waals surface area (Å²) in [6, 6.07) is 15.3. The Hall–Kier alpha value is -3.38. The summed E-state index contributed by atoms with van der Waals surface area (Å²) in [5, 5.41) is 18.7. The molecule has 1 fully saturated rings. The van der Waals surface area contributed by atoms with Crippen LogP contribution in [0.3, 0.4) is 0 Å². The van der Waals surface area contributed by atoms with E-state index in [0.29, 0.717) is 5.56 Å². The summed E-state index contributed by atoms with van der Waals surface area (Å²) >= 11 is 0. The number of aromatic nitrogens is 1. The number of aryl methyl sites for hydroxylation is 1. The van der Waals surface area contributed by atoms with E-state index >= 15 is 0 Å². The molecule has 0 atom stereocenters. The lowest BCUT2D eigenvalue weighted by Crippen LogP contribution is -2.45. The lowest BCUT2D eigenvalue weighted by molar-refractivity contribution is 0.0697. The van der Waals surface area contributed by atoms with E-state index in [0.717, 1.165) is 55.1 Å². The van der Waals surface area contributed by atoms with Gasteiger partial charge in [0.15, 0.2) is 0 Å². The lowest BCUT2D eigenvalue weighted by atomic mass is 9.99. The number of hydrogen-bond donors (Lipinski definition) is 2. The number of piperazine rings is 1. The van der Waals surface area contributed by atoms with E-state index in [1.54, 1.807) is 24.4 Å². The highest BCUT2D eigenvalue weighted by Gasteiger charge is 2.18. The number of benzene rings is 2. The molecule has 1 aliphatic heterocycles. The molecule has 0 spiro atoms. The Bertz CT molecular complexity index is 1040. The molecule has 2 aromatic carbocycles. The molecule has 1 saturated heterocycles. The van der Waals surface area contributed by atoms with Crippen molar-refractivity contribution in [3.8, 4) is 16.9 Å². The fraction of sp³-hybridized carbons (Fsp3) is 0.250. The van der Waals surface area contributed by atoms with Crippen molar-refractivity contribution in [1.29, 1.82) is 0 Å². The van der Waals surface area contributed by atoms with Gasteiger partial charge in [-0.3, -0.25) is 9.88 Å². The Balaban J connectivity index is 1.37. The Morgan fingerprint density at radius 1 is 1.00 bits per heavy atom. The molecular weight excluding hydrogens is 378 g/mol. The molecule has 30 heavy (non-hydrogen) atoms. The standard InChI is InChI=1S/C24H25N3O3/c1-17-12-18(2-7-23(17)20-13-22(28)15-25-14-20)16-26-8-10-27(11-9-26)21-5-3-19(4-6-21)24(29)30/h2-7,12-15,28H,8-11,16H2,1H3,(H,29,30). The maximum atomic E-state index is 11.0. The number of aromatic hydroxyl groups is 1. The van der Waals surface area contributed by atoms with Crippen molar-refractivity contribution in [3.05, 3.63) is 77.6 Å². The quantitative estimate of drug-likeness (QED) is 0.675. The molecule has 2 heterocycles. The van der Waals surface area contributed by atoms with Crippen molar-refractivity contribution in [1.82, 2.24) is 9.88 Å². The Morgan fingerprint density at radius 3 is 2.37 bits per heavy atom. The van der Waals surface area contributed by atoms with E-state index in [4.69, 9.17) is 5.11 Å². The molecular formula is C24H25N3O3. The molecule has 1 aromatic heterocycles. The van der Waals surface area contributed by atoms with Crippen LogP contribution >= 0.6 is 0 Å². The molecule has 0 unspecified atom stereocenters. The van der Waals surface area contributed by atoms with Gasteiger partial charge in [0.05, 0.1) is 11.8 Å². The van der Waals surface area contributed by atoms with Crippen molar-refractivity contribution < 1.29 is 15.0 Å². The van der Waals surface area contributed by atoms with E-state index in [-0.39, 0.29) is 5.75 Å². The normalized spacial score (nSPS) is 14.6. The summed E-state index contributed by atoms with van der Waals surface area (Å²) in [6.07, 6.45) is 3.21.